The summed E-state index contributed by atoms with van der Waals surface area (Å²) in [5, 5.41) is 9.50. The van der Waals surface area contributed by atoms with E-state index < -0.39 is 5.56 Å². The van der Waals surface area contributed by atoms with Gasteiger partial charge in [-0.15, -0.1) is 0 Å². The topological polar surface area (TPSA) is 91.2 Å². The van der Waals surface area contributed by atoms with Gasteiger partial charge in [0, 0.05) is 18.7 Å². The molecule has 0 aliphatic carbocycles. The number of ether oxygens (including phenoxy) is 2. The zero-order chi connectivity index (χ0) is 18.5. The lowest BCUT2D eigenvalue weighted by Crippen LogP contribution is -2.29. The van der Waals surface area contributed by atoms with Crippen LogP contribution in [0, 0.1) is 11.3 Å². The summed E-state index contributed by atoms with van der Waals surface area (Å²) < 4.78 is 10.7. The van der Waals surface area contributed by atoms with Gasteiger partial charge < -0.3 is 14.4 Å². The third-order valence-electron chi connectivity index (χ3n) is 4.59. The van der Waals surface area contributed by atoms with Crippen molar-refractivity contribution >= 4 is 5.95 Å². The van der Waals surface area contributed by atoms with Crippen molar-refractivity contribution in [3.05, 3.63) is 34.1 Å². The number of anilines is 1. The molecule has 0 spiro atoms. The molecule has 0 unspecified atom stereocenters. The molecule has 1 fully saturated rings. The van der Waals surface area contributed by atoms with Crippen molar-refractivity contribution in [1.29, 1.82) is 5.26 Å². The zero-order valence-corrected chi connectivity index (χ0v) is 15.0. The summed E-state index contributed by atoms with van der Waals surface area (Å²) in [6, 6.07) is 7.20. The second kappa shape index (κ2) is 7.91. The van der Waals surface area contributed by atoms with E-state index in [0.717, 1.165) is 25.9 Å². The molecule has 0 atom stereocenters. The average molecular weight is 354 g/mol. The fourth-order valence-electron chi connectivity index (χ4n) is 3.19. The molecule has 26 heavy (non-hydrogen) atoms. The number of methoxy groups -OCH3 is 2. The van der Waals surface area contributed by atoms with Gasteiger partial charge in [-0.05, 0) is 31.0 Å². The van der Waals surface area contributed by atoms with E-state index in [0.29, 0.717) is 28.7 Å². The lowest BCUT2D eigenvalue weighted by atomic mass is 10.1. The Kier molecular flexibility index (Phi) is 5.42. The van der Waals surface area contributed by atoms with Gasteiger partial charge in [-0.2, -0.15) is 5.26 Å². The number of rotatable bonds is 4. The van der Waals surface area contributed by atoms with E-state index in [1.165, 1.54) is 12.8 Å². The fraction of sp³-hybridized carbons (Fsp3) is 0.421. The number of benzene rings is 1. The SMILES string of the molecule is COc1ccc(OC)c(-c2nc(N3CCCCCC3)[nH]c(=O)c2C#N)c1. The van der Waals surface area contributed by atoms with E-state index in [1.807, 2.05) is 6.07 Å². The summed E-state index contributed by atoms with van der Waals surface area (Å²) >= 11 is 0. The van der Waals surface area contributed by atoms with E-state index in [9.17, 15) is 10.1 Å². The minimum absolute atomic E-state index is 0.0323. The van der Waals surface area contributed by atoms with Crippen LogP contribution in [0.5, 0.6) is 11.5 Å². The average Bonchev–Trinajstić information content (AvgIpc) is 2.96. The fourth-order valence-corrected chi connectivity index (χ4v) is 3.19. The monoisotopic (exact) mass is 354 g/mol. The van der Waals surface area contributed by atoms with Gasteiger partial charge in [0.1, 0.15) is 28.8 Å². The van der Waals surface area contributed by atoms with Gasteiger partial charge in [-0.3, -0.25) is 9.78 Å². The van der Waals surface area contributed by atoms with E-state index in [-0.39, 0.29) is 5.56 Å². The minimum atomic E-state index is -0.443. The molecular formula is C19H22N4O3. The number of aromatic amines is 1. The van der Waals surface area contributed by atoms with Gasteiger partial charge >= 0.3 is 0 Å². The van der Waals surface area contributed by atoms with E-state index in [1.54, 1.807) is 32.4 Å². The van der Waals surface area contributed by atoms with Crippen LogP contribution in [0.2, 0.25) is 0 Å². The maximum absolute atomic E-state index is 12.5. The minimum Gasteiger partial charge on any atom is -0.497 e. The normalized spacial score (nSPS) is 14.4. The number of nitriles is 1. The Bertz CT molecular complexity index is 877. The quantitative estimate of drug-likeness (QED) is 0.908. The predicted octanol–water partition coefficient (Wildman–Crippen LogP) is 2.71. The molecule has 0 bridgehead atoms. The van der Waals surface area contributed by atoms with Crippen LogP contribution in [0.1, 0.15) is 31.2 Å². The summed E-state index contributed by atoms with van der Waals surface area (Å²) in [4.78, 5) is 22.0. The van der Waals surface area contributed by atoms with Crippen molar-refractivity contribution in [2.45, 2.75) is 25.7 Å². The standard InChI is InChI=1S/C19H22N4O3/c1-25-13-7-8-16(26-2)14(11-13)17-15(12-20)18(24)22-19(21-17)23-9-5-3-4-6-10-23/h7-8,11H,3-6,9-10H2,1-2H3,(H,21,22,24). The van der Waals surface area contributed by atoms with Crippen molar-refractivity contribution in [2.75, 3.05) is 32.2 Å². The second-order valence-corrected chi connectivity index (χ2v) is 6.19. The number of nitrogens with one attached hydrogen (secondary N) is 1. The molecule has 1 aliphatic heterocycles. The molecular weight excluding hydrogens is 332 g/mol. The molecule has 2 aromatic rings. The van der Waals surface area contributed by atoms with Crippen LogP contribution in [0.4, 0.5) is 5.95 Å². The van der Waals surface area contributed by atoms with E-state index in [4.69, 9.17) is 9.47 Å². The van der Waals surface area contributed by atoms with Gasteiger partial charge in [-0.1, -0.05) is 12.8 Å². The molecule has 0 radical (unpaired) electrons. The molecule has 2 heterocycles. The van der Waals surface area contributed by atoms with Crippen molar-refractivity contribution in [2.24, 2.45) is 0 Å². The zero-order valence-electron chi connectivity index (χ0n) is 15.0. The molecule has 0 saturated carbocycles. The van der Waals surface area contributed by atoms with Crippen molar-refractivity contribution in [1.82, 2.24) is 9.97 Å². The Morgan fingerprint density at radius 3 is 2.50 bits per heavy atom. The van der Waals surface area contributed by atoms with Crippen LogP contribution in [-0.4, -0.2) is 37.3 Å². The third-order valence-corrected chi connectivity index (χ3v) is 4.59. The number of H-pyrrole nitrogens is 1. The Labute approximate surface area is 152 Å². The molecule has 7 nitrogen and oxygen atoms in total. The molecule has 3 rings (SSSR count). The lowest BCUT2D eigenvalue weighted by Gasteiger charge is -2.21. The second-order valence-electron chi connectivity index (χ2n) is 6.19. The highest BCUT2D eigenvalue weighted by Crippen LogP contribution is 2.34. The van der Waals surface area contributed by atoms with Crippen LogP contribution in [0.15, 0.2) is 23.0 Å². The van der Waals surface area contributed by atoms with Crippen molar-refractivity contribution in [3.63, 3.8) is 0 Å². The van der Waals surface area contributed by atoms with Crippen LogP contribution in [0.3, 0.4) is 0 Å². The lowest BCUT2D eigenvalue weighted by molar-refractivity contribution is 0.404. The Balaban J connectivity index is 2.17. The van der Waals surface area contributed by atoms with Crippen molar-refractivity contribution < 1.29 is 9.47 Å². The Morgan fingerprint density at radius 1 is 1.15 bits per heavy atom. The molecule has 1 aromatic heterocycles. The highest BCUT2D eigenvalue weighted by atomic mass is 16.5. The van der Waals surface area contributed by atoms with Gasteiger partial charge in [0.25, 0.3) is 5.56 Å². The summed E-state index contributed by atoms with van der Waals surface area (Å²) in [6.07, 6.45) is 4.46. The maximum atomic E-state index is 12.5. The van der Waals surface area contributed by atoms with Gasteiger partial charge in [0.2, 0.25) is 5.95 Å². The van der Waals surface area contributed by atoms with Crippen LogP contribution in [0.25, 0.3) is 11.3 Å². The van der Waals surface area contributed by atoms with E-state index in [2.05, 4.69) is 14.9 Å². The first-order chi connectivity index (χ1) is 12.7. The number of nitrogens with zero attached hydrogens (tertiary/aromatic N) is 3. The van der Waals surface area contributed by atoms with Gasteiger partial charge in [0.15, 0.2) is 0 Å². The predicted molar refractivity (Wildman–Crippen MR) is 98.8 cm³/mol. The molecule has 1 aliphatic rings. The maximum Gasteiger partial charge on any atom is 0.270 e. The highest BCUT2D eigenvalue weighted by Gasteiger charge is 2.20. The third kappa shape index (κ3) is 3.49. The van der Waals surface area contributed by atoms with E-state index >= 15 is 0 Å². The largest absolute Gasteiger partial charge is 0.497 e. The molecule has 136 valence electrons. The summed E-state index contributed by atoms with van der Waals surface area (Å²) in [5.74, 6) is 1.63. The first-order valence-electron chi connectivity index (χ1n) is 8.69. The Morgan fingerprint density at radius 2 is 1.88 bits per heavy atom. The van der Waals surface area contributed by atoms with Crippen LogP contribution < -0.4 is 19.9 Å². The first-order valence-corrected chi connectivity index (χ1v) is 8.69. The van der Waals surface area contributed by atoms with Gasteiger partial charge in [-0.25, -0.2) is 4.98 Å². The molecule has 1 N–H and O–H groups in total. The number of hydrogen-bond acceptors (Lipinski definition) is 6. The highest BCUT2D eigenvalue weighted by molar-refractivity contribution is 5.74. The molecule has 7 heteroatoms. The smallest absolute Gasteiger partial charge is 0.270 e. The van der Waals surface area contributed by atoms with Crippen LogP contribution in [-0.2, 0) is 0 Å². The summed E-state index contributed by atoms with van der Waals surface area (Å²) in [7, 11) is 3.10. The summed E-state index contributed by atoms with van der Waals surface area (Å²) in [5.41, 5.74) is 0.397. The van der Waals surface area contributed by atoms with Crippen LogP contribution >= 0.6 is 0 Å². The van der Waals surface area contributed by atoms with Gasteiger partial charge in [0.05, 0.1) is 14.2 Å². The Hall–Kier alpha value is -3.01. The number of aromatic nitrogens is 2. The molecule has 0 amide bonds. The first kappa shape index (κ1) is 17.8. The molecule has 1 aromatic carbocycles. The summed E-state index contributed by atoms with van der Waals surface area (Å²) in [6.45, 7) is 1.67. The van der Waals surface area contributed by atoms with Crippen molar-refractivity contribution in [3.8, 4) is 28.8 Å². The number of hydrogen-bond donors (Lipinski definition) is 1. The molecule has 1 saturated heterocycles.